The molecule has 0 heterocycles. The van der Waals surface area contributed by atoms with Gasteiger partial charge >= 0.3 is 0 Å². The number of allylic oxidation sites excluding steroid dienone is 2. The summed E-state index contributed by atoms with van der Waals surface area (Å²) in [6.07, 6.45) is 8.69. The van der Waals surface area contributed by atoms with Crippen LogP contribution in [-0.2, 0) is 26.2 Å². The quantitative estimate of drug-likeness (QED) is 0.688. The van der Waals surface area contributed by atoms with E-state index in [9.17, 15) is 0 Å². The predicted molar refractivity (Wildman–Crippen MR) is 85.1 cm³/mol. The number of likely N-dealkylation sites (N-methyl/N-ethyl adjacent to an activating group) is 1. The third kappa shape index (κ3) is 6.60. The molecule has 5 heteroatoms. The van der Waals surface area contributed by atoms with E-state index in [-0.39, 0.29) is 63.4 Å². The molecule has 0 spiro atoms. The Morgan fingerprint density at radius 3 is 2.05 bits per heavy atom. The molecular formula is C14H19Cl3NZr-. The summed E-state index contributed by atoms with van der Waals surface area (Å²) in [6, 6.07) is 10.9. The number of rotatable bonds is 3. The van der Waals surface area contributed by atoms with Crippen LogP contribution in [0, 0.1) is 6.08 Å². The molecule has 19 heavy (non-hydrogen) atoms. The van der Waals surface area contributed by atoms with Crippen LogP contribution in [0.3, 0.4) is 0 Å². The van der Waals surface area contributed by atoms with Crippen molar-refractivity contribution in [3.8, 4) is 0 Å². The van der Waals surface area contributed by atoms with Crippen LogP contribution in [0.15, 0.2) is 48.1 Å². The number of benzene rings is 1. The van der Waals surface area contributed by atoms with Crippen LogP contribution in [0.4, 0.5) is 0 Å². The molecule has 106 valence electrons. The minimum atomic E-state index is 0. The Hall–Kier alpha value is 0.413. The van der Waals surface area contributed by atoms with Gasteiger partial charge in [-0.15, -0.1) is 43.6 Å². The van der Waals surface area contributed by atoms with E-state index in [1.165, 1.54) is 11.1 Å². The Morgan fingerprint density at radius 2 is 1.63 bits per heavy atom. The van der Waals surface area contributed by atoms with Crippen molar-refractivity contribution < 1.29 is 26.2 Å². The van der Waals surface area contributed by atoms with E-state index >= 15 is 0 Å². The summed E-state index contributed by atoms with van der Waals surface area (Å²) >= 11 is 0. The molecule has 1 aromatic rings. The van der Waals surface area contributed by atoms with Gasteiger partial charge in [0.1, 0.15) is 0 Å². The van der Waals surface area contributed by atoms with Crippen LogP contribution >= 0.6 is 37.2 Å². The minimum absolute atomic E-state index is 0. The maximum Gasteiger partial charge on any atom is 0.0263 e. The summed E-state index contributed by atoms with van der Waals surface area (Å²) in [4.78, 5) is 2.23. The SMILES string of the molecule is CN(C)C(C1=[C-]CC=C1)c1ccccc1.Cl.Cl.Cl.[Zr]. The summed E-state index contributed by atoms with van der Waals surface area (Å²) in [5, 5.41) is 0. The van der Waals surface area contributed by atoms with Crippen molar-refractivity contribution >= 4 is 37.2 Å². The molecule has 1 atom stereocenters. The van der Waals surface area contributed by atoms with E-state index < -0.39 is 0 Å². The van der Waals surface area contributed by atoms with Crippen molar-refractivity contribution in [1.29, 1.82) is 0 Å². The van der Waals surface area contributed by atoms with E-state index in [1.54, 1.807) is 0 Å². The molecule has 0 bridgehead atoms. The average molecular weight is 399 g/mol. The van der Waals surface area contributed by atoms with E-state index in [1.807, 2.05) is 0 Å². The molecule has 0 saturated carbocycles. The summed E-state index contributed by atoms with van der Waals surface area (Å²) < 4.78 is 0. The molecule has 0 saturated heterocycles. The Kier molecular flexibility index (Phi) is 15.7. The van der Waals surface area contributed by atoms with Crippen molar-refractivity contribution in [2.24, 2.45) is 0 Å². The summed E-state index contributed by atoms with van der Waals surface area (Å²) in [5.74, 6) is 0. The molecule has 0 amide bonds. The van der Waals surface area contributed by atoms with Gasteiger partial charge in [0.05, 0.1) is 0 Å². The van der Waals surface area contributed by atoms with Crippen LogP contribution in [0.2, 0.25) is 0 Å². The largest absolute Gasteiger partial charge is 0.301 e. The number of hydrogen-bond donors (Lipinski definition) is 0. The van der Waals surface area contributed by atoms with Gasteiger partial charge in [0.25, 0.3) is 0 Å². The fourth-order valence-corrected chi connectivity index (χ4v) is 2.00. The second-order valence-corrected chi connectivity index (χ2v) is 4.02. The molecule has 1 aliphatic rings. The first kappa shape index (κ1) is 24.4. The van der Waals surface area contributed by atoms with Gasteiger partial charge in [0.2, 0.25) is 0 Å². The third-order valence-corrected chi connectivity index (χ3v) is 2.65. The van der Waals surface area contributed by atoms with E-state index in [4.69, 9.17) is 0 Å². The van der Waals surface area contributed by atoms with Crippen molar-refractivity contribution in [1.82, 2.24) is 4.90 Å². The topological polar surface area (TPSA) is 3.24 Å². The first-order chi connectivity index (χ1) is 7.29. The normalized spacial score (nSPS) is 13.3. The van der Waals surface area contributed by atoms with Crippen LogP contribution in [0.1, 0.15) is 18.0 Å². The van der Waals surface area contributed by atoms with Crippen molar-refractivity contribution in [2.75, 3.05) is 14.1 Å². The summed E-state index contributed by atoms with van der Waals surface area (Å²) in [7, 11) is 4.22. The molecule has 1 aromatic carbocycles. The van der Waals surface area contributed by atoms with Gasteiger partial charge in [-0.05, 0) is 19.7 Å². The molecular weight excluding hydrogens is 380 g/mol. The van der Waals surface area contributed by atoms with Crippen LogP contribution in [0.25, 0.3) is 0 Å². The van der Waals surface area contributed by atoms with Gasteiger partial charge in [-0.2, -0.15) is 6.08 Å². The van der Waals surface area contributed by atoms with Gasteiger partial charge in [-0.3, -0.25) is 6.08 Å². The maximum absolute atomic E-state index is 3.40. The molecule has 0 radical (unpaired) electrons. The molecule has 0 aliphatic heterocycles. The molecule has 1 aliphatic carbocycles. The van der Waals surface area contributed by atoms with E-state index in [0.29, 0.717) is 6.04 Å². The standard InChI is InChI=1S/C14H16N.3ClH.Zr/c1-15(2)14(13-10-6-7-11-13)12-8-4-3-5-9-12;;;;/h3-6,8-10,14H,7H2,1-2H3;3*1H;/q-1;;;;. The van der Waals surface area contributed by atoms with Gasteiger partial charge in [-0.1, -0.05) is 30.3 Å². The Labute approximate surface area is 153 Å². The Morgan fingerprint density at radius 1 is 1.05 bits per heavy atom. The van der Waals surface area contributed by atoms with Gasteiger partial charge < -0.3 is 4.90 Å². The number of halogens is 3. The molecule has 2 rings (SSSR count). The van der Waals surface area contributed by atoms with Crippen LogP contribution in [0.5, 0.6) is 0 Å². The smallest absolute Gasteiger partial charge is 0.0263 e. The summed E-state index contributed by atoms with van der Waals surface area (Å²) in [6.45, 7) is 0. The average Bonchev–Trinajstić information content (AvgIpc) is 2.72. The monoisotopic (exact) mass is 396 g/mol. The Balaban J connectivity index is -0.000000640. The Bertz CT molecular complexity index is 391. The van der Waals surface area contributed by atoms with E-state index in [0.717, 1.165) is 6.42 Å². The van der Waals surface area contributed by atoms with Crippen molar-refractivity contribution in [3.63, 3.8) is 0 Å². The minimum Gasteiger partial charge on any atom is -0.301 e. The van der Waals surface area contributed by atoms with Gasteiger partial charge in [-0.25, -0.2) is 11.6 Å². The third-order valence-electron chi connectivity index (χ3n) is 2.65. The van der Waals surface area contributed by atoms with Crippen LogP contribution in [-0.4, -0.2) is 19.0 Å². The zero-order chi connectivity index (χ0) is 10.7. The fourth-order valence-electron chi connectivity index (χ4n) is 2.00. The summed E-state index contributed by atoms with van der Waals surface area (Å²) in [5.41, 5.74) is 2.61. The first-order valence-corrected chi connectivity index (χ1v) is 5.27. The zero-order valence-corrected chi connectivity index (χ0v) is 15.9. The molecule has 1 unspecified atom stereocenters. The molecule has 0 N–H and O–H groups in total. The molecule has 0 fully saturated rings. The molecule has 0 aromatic heterocycles. The fraction of sp³-hybridized carbons (Fsp3) is 0.286. The van der Waals surface area contributed by atoms with E-state index in [2.05, 4.69) is 67.6 Å². The zero-order valence-electron chi connectivity index (χ0n) is 11.0. The first-order valence-electron chi connectivity index (χ1n) is 5.27. The molecule has 1 nitrogen and oxygen atoms in total. The van der Waals surface area contributed by atoms with Crippen molar-refractivity contribution in [3.05, 3.63) is 59.7 Å². The second kappa shape index (κ2) is 12.2. The predicted octanol–water partition coefficient (Wildman–Crippen LogP) is 4.24. The number of nitrogens with zero attached hydrogens (tertiary/aromatic N) is 1. The second-order valence-electron chi connectivity index (χ2n) is 4.02. The maximum atomic E-state index is 3.40. The van der Waals surface area contributed by atoms with Crippen LogP contribution < -0.4 is 0 Å². The van der Waals surface area contributed by atoms with Gasteiger partial charge in [0.15, 0.2) is 0 Å². The van der Waals surface area contributed by atoms with Gasteiger partial charge in [0, 0.05) is 32.2 Å². The van der Waals surface area contributed by atoms with Crippen molar-refractivity contribution in [2.45, 2.75) is 12.5 Å². The number of hydrogen-bond acceptors (Lipinski definition) is 1.